The van der Waals surface area contributed by atoms with Crippen molar-refractivity contribution in [1.29, 1.82) is 0 Å². The van der Waals surface area contributed by atoms with E-state index in [-0.39, 0.29) is 24.9 Å². The topological polar surface area (TPSA) is 84.9 Å². The summed E-state index contributed by atoms with van der Waals surface area (Å²) in [6, 6.07) is 10.0. The summed E-state index contributed by atoms with van der Waals surface area (Å²) in [6.45, 7) is 2.93. The van der Waals surface area contributed by atoms with Crippen molar-refractivity contribution in [2.75, 3.05) is 23.4 Å². The van der Waals surface area contributed by atoms with Crippen molar-refractivity contribution in [1.82, 2.24) is 5.32 Å². The van der Waals surface area contributed by atoms with Crippen molar-refractivity contribution >= 4 is 21.6 Å². The molecule has 1 atom stereocenters. The van der Waals surface area contributed by atoms with Crippen LogP contribution in [0, 0.1) is 5.82 Å². The molecule has 0 aliphatic carbocycles. The zero-order chi connectivity index (χ0) is 20.3. The molecule has 9 heteroatoms. The number of anilines is 1. The van der Waals surface area contributed by atoms with Crippen LogP contribution in [0.15, 0.2) is 42.5 Å². The first kappa shape index (κ1) is 19.9. The third-order valence-electron chi connectivity index (χ3n) is 4.38. The molecule has 1 aliphatic rings. The maximum Gasteiger partial charge on any atom is 0.241 e. The molecule has 2 aromatic carbocycles. The van der Waals surface area contributed by atoms with E-state index in [1.807, 2.05) is 0 Å². The van der Waals surface area contributed by atoms with E-state index < -0.39 is 22.0 Å². The Kier molecular flexibility index (Phi) is 5.73. The average molecular weight is 408 g/mol. The minimum atomic E-state index is -3.71. The zero-order valence-corrected chi connectivity index (χ0v) is 16.3. The monoisotopic (exact) mass is 408 g/mol. The Morgan fingerprint density at radius 3 is 2.54 bits per heavy atom. The van der Waals surface area contributed by atoms with E-state index in [2.05, 4.69) is 5.32 Å². The number of rotatable bonds is 7. The van der Waals surface area contributed by atoms with Crippen LogP contribution >= 0.6 is 0 Å². The number of fused-ring (bicyclic) bond motifs is 1. The highest BCUT2D eigenvalue weighted by Gasteiger charge is 2.26. The second-order valence-corrected chi connectivity index (χ2v) is 8.47. The number of hydrogen-bond donors (Lipinski definition) is 1. The van der Waals surface area contributed by atoms with Gasteiger partial charge in [-0.3, -0.25) is 9.10 Å². The van der Waals surface area contributed by atoms with Crippen LogP contribution in [0.1, 0.15) is 25.5 Å². The first-order valence-electron chi connectivity index (χ1n) is 8.75. The lowest BCUT2D eigenvalue weighted by molar-refractivity contribution is -0.120. The zero-order valence-electron chi connectivity index (χ0n) is 15.5. The quantitative estimate of drug-likeness (QED) is 0.761. The molecule has 0 fully saturated rings. The number of benzene rings is 2. The van der Waals surface area contributed by atoms with Gasteiger partial charge in [-0.1, -0.05) is 12.1 Å². The second kappa shape index (κ2) is 8.05. The van der Waals surface area contributed by atoms with Crippen molar-refractivity contribution in [3.8, 4) is 11.5 Å². The van der Waals surface area contributed by atoms with E-state index in [0.717, 1.165) is 4.31 Å². The van der Waals surface area contributed by atoms with Gasteiger partial charge in [0, 0.05) is 6.07 Å². The highest BCUT2D eigenvalue weighted by molar-refractivity contribution is 7.92. The van der Waals surface area contributed by atoms with Crippen molar-refractivity contribution in [2.45, 2.75) is 19.9 Å². The summed E-state index contributed by atoms with van der Waals surface area (Å²) in [7, 11) is -3.71. The maximum atomic E-state index is 13.1. The number of carbonyl (C=O) groups excluding carboxylic acids is 1. The first-order valence-corrected chi connectivity index (χ1v) is 10.4. The van der Waals surface area contributed by atoms with Crippen LogP contribution in [0.4, 0.5) is 10.1 Å². The number of nitrogens with zero attached hydrogens (tertiary/aromatic N) is 1. The number of sulfonamides is 1. The first-order chi connectivity index (χ1) is 13.3. The molecule has 0 unspecified atom stereocenters. The molecule has 1 N–H and O–H groups in total. The van der Waals surface area contributed by atoms with Crippen molar-refractivity contribution in [3.63, 3.8) is 0 Å². The van der Waals surface area contributed by atoms with Gasteiger partial charge in [0.15, 0.2) is 11.5 Å². The molecule has 150 valence electrons. The number of carbonyl (C=O) groups is 1. The van der Waals surface area contributed by atoms with Gasteiger partial charge < -0.3 is 14.8 Å². The van der Waals surface area contributed by atoms with Crippen LogP contribution in [0.5, 0.6) is 11.5 Å². The molecule has 0 spiro atoms. The molecule has 28 heavy (non-hydrogen) atoms. The summed E-state index contributed by atoms with van der Waals surface area (Å²) in [5.74, 6) is -0.0694. The highest BCUT2D eigenvalue weighted by atomic mass is 32.2. The third kappa shape index (κ3) is 4.36. The normalized spacial score (nSPS) is 13.8. The molecule has 3 rings (SSSR count). The van der Waals surface area contributed by atoms with E-state index in [0.29, 0.717) is 22.7 Å². The van der Waals surface area contributed by atoms with Crippen molar-refractivity contribution in [3.05, 3.63) is 53.8 Å². The fourth-order valence-electron chi connectivity index (χ4n) is 2.80. The molecule has 0 saturated heterocycles. The largest absolute Gasteiger partial charge is 0.454 e. The van der Waals surface area contributed by atoms with Crippen LogP contribution in [-0.2, 0) is 14.8 Å². The van der Waals surface area contributed by atoms with Gasteiger partial charge in [-0.05, 0) is 43.7 Å². The fraction of sp³-hybridized carbons (Fsp3) is 0.316. The third-order valence-corrected chi connectivity index (χ3v) is 6.12. The highest BCUT2D eigenvalue weighted by Crippen LogP contribution is 2.36. The number of ether oxygens (including phenoxy) is 2. The van der Waals surface area contributed by atoms with Gasteiger partial charge in [0.05, 0.1) is 17.5 Å². The van der Waals surface area contributed by atoms with Gasteiger partial charge in [0.2, 0.25) is 22.7 Å². The van der Waals surface area contributed by atoms with Gasteiger partial charge >= 0.3 is 0 Å². The Morgan fingerprint density at radius 1 is 1.18 bits per heavy atom. The van der Waals surface area contributed by atoms with E-state index in [4.69, 9.17) is 9.47 Å². The number of amides is 1. The maximum absolute atomic E-state index is 13.1. The Bertz CT molecular complexity index is 963. The average Bonchev–Trinajstić information content (AvgIpc) is 3.14. The lowest BCUT2D eigenvalue weighted by atomic mass is 10.1. The van der Waals surface area contributed by atoms with Gasteiger partial charge in [-0.15, -0.1) is 0 Å². The van der Waals surface area contributed by atoms with Crippen LogP contribution in [0.2, 0.25) is 0 Å². The summed E-state index contributed by atoms with van der Waals surface area (Å²) in [5.41, 5.74) is 1.03. The lowest BCUT2D eigenvalue weighted by Crippen LogP contribution is -2.42. The molecule has 1 heterocycles. The summed E-state index contributed by atoms with van der Waals surface area (Å²) in [6.07, 6.45) is 0. The van der Waals surface area contributed by atoms with Crippen LogP contribution in [0.25, 0.3) is 0 Å². The van der Waals surface area contributed by atoms with Gasteiger partial charge in [-0.25, -0.2) is 12.8 Å². The van der Waals surface area contributed by atoms with Gasteiger partial charge in [-0.2, -0.15) is 0 Å². The van der Waals surface area contributed by atoms with E-state index in [9.17, 15) is 17.6 Å². The molecular formula is C19H21FN2O5S. The van der Waals surface area contributed by atoms with E-state index >= 15 is 0 Å². The summed E-state index contributed by atoms with van der Waals surface area (Å²) >= 11 is 0. The summed E-state index contributed by atoms with van der Waals surface area (Å²) in [5, 5.41) is 2.74. The number of hydrogen-bond acceptors (Lipinski definition) is 5. The van der Waals surface area contributed by atoms with Crippen molar-refractivity contribution in [2.24, 2.45) is 0 Å². The summed E-state index contributed by atoms with van der Waals surface area (Å²) in [4.78, 5) is 12.5. The minimum Gasteiger partial charge on any atom is -0.454 e. The minimum absolute atomic E-state index is 0.0645. The Labute approximate surface area is 163 Å². The van der Waals surface area contributed by atoms with E-state index in [1.165, 1.54) is 25.1 Å². The predicted octanol–water partition coefficient (Wildman–Crippen LogP) is 2.59. The molecule has 0 saturated carbocycles. The Morgan fingerprint density at radius 2 is 1.86 bits per heavy atom. The SMILES string of the molecule is CCS(=O)(=O)N(CC(=O)N[C@@H](C)c1ccc(F)cc1)c1ccc2c(c1)OCO2. The molecular weight excluding hydrogens is 387 g/mol. The van der Waals surface area contributed by atoms with Crippen LogP contribution in [-0.4, -0.2) is 33.4 Å². The molecule has 2 aromatic rings. The van der Waals surface area contributed by atoms with E-state index in [1.54, 1.807) is 31.2 Å². The summed E-state index contributed by atoms with van der Waals surface area (Å²) < 4.78 is 49.8. The van der Waals surface area contributed by atoms with Gasteiger partial charge in [0.1, 0.15) is 12.4 Å². The molecule has 0 aromatic heterocycles. The van der Waals surface area contributed by atoms with Crippen LogP contribution < -0.4 is 19.1 Å². The number of halogens is 1. The molecule has 7 nitrogen and oxygen atoms in total. The lowest BCUT2D eigenvalue weighted by Gasteiger charge is -2.24. The van der Waals surface area contributed by atoms with Crippen LogP contribution in [0.3, 0.4) is 0 Å². The number of nitrogens with one attached hydrogen (secondary N) is 1. The smallest absolute Gasteiger partial charge is 0.241 e. The molecule has 0 radical (unpaired) electrons. The predicted molar refractivity (Wildman–Crippen MR) is 102 cm³/mol. The standard InChI is InChI=1S/C19H21FN2O5S/c1-3-28(24,25)22(16-8-9-17-18(10-16)27-12-26-17)11-19(23)21-13(2)14-4-6-15(20)7-5-14/h4-10,13H,3,11-12H2,1-2H3,(H,21,23)/t13-/m0/s1. The molecule has 0 bridgehead atoms. The molecule has 1 amide bonds. The Balaban J connectivity index is 1.78. The Hall–Kier alpha value is -2.81. The fourth-order valence-corrected chi connectivity index (χ4v) is 3.86. The van der Waals surface area contributed by atoms with Gasteiger partial charge in [0.25, 0.3) is 0 Å². The van der Waals surface area contributed by atoms with Crippen molar-refractivity contribution < 1.29 is 27.1 Å². The molecule has 1 aliphatic heterocycles. The second-order valence-electron chi connectivity index (χ2n) is 6.29.